The topological polar surface area (TPSA) is 124 Å². The largest absolute Gasteiger partial charge is 0.443 e. The van der Waals surface area contributed by atoms with E-state index in [4.69, 9.17) is 10.2 Å². The van der Waals surface area contributed by atoms with Crippen molar-refractivity contribution in [2.24, 2.45) is 0 Å². The van der Waals surface area contributed by atoms with Crippen molar-refractivity contribution in [1.29, 1.82) is 0 Å². The average Bonchev–Trinajstić information content (AvgIpc) is 3.50. The molecule has 0 unspecified atom stereocenters. The van der Waals surface area contributed by atoms with E-state index in [2.05, 4.69) is 25.3 Å². The molecular formula is C22H15F2N7O2. The number of imidazole rings is 1. The van der Waals surface area contributed by atoms with Crippen LogP contribution in [0.25, 0.3) is 28.5 Å². The van der Waals surface area contributed by atoms with Gasteiger partial charge in [-0.25, -0.2) is 28.7 Å². The third-order valence-corrected chi connectivity index (χ3v) is 4.92. The van der Waals surface area contributed by atoms with Gasteiger partial charge < -0.3 is 19.9 Å². The number of amides is 1. The monoisotopic (exact) mass is 447 g/mol. The van der Waals surface area contributed by atoms with Crippen molar-refractivity contribution in [1.82, 2.24) is 29.7 Å². The molecule has 1 amide bonds. The molecule has 0 aliphatic carbocycles. The molecule has 0 fully saturated rings. The van der Waals surface area contributed by atoms with Gasteiger partial charge in [0.1, 0.15) is 29.2 Å². The number of nitrogens with two attached hydrogens (primary N) is 1. The summed E-state index contributed by atoms with van der Waals surface area (Å²) in [5, 5.41) is 2.44. The first kappa shape index (κ1) is 20.2. The molecule has 9 nitrogen and oxygen atoms in total. The van der Waals surface area contributed by atoms with Crippen molar-refractivity contribution in [2.45, 2.75) is 6.54 Å². The van der Waals surface area contributed by atoms with Crippen molar-refractivity contribution in [3.05, 3.63) is 84.3 Å². The molecule has 1 aromatic carbocycles. The summed E-state index contributed by atoms with van der Waals surface area (Å²) in [6.07, 6.45) is 7.97. The van der Waals surface area contributed by atoms with Gasteiger partial charge in [0.05, 0.1) is 6.20 Å². The van der Waals surface area contributed by atoms with Gasteiger partial charge in [-0.1, -0.05) is 6.07 Å². The second kappa shape index (κ2) is 8.11. The highest BCUT2D eigenvalue weighted by Gasteiger charge is 2.22. The molecular weight excluding hydrogens is 432 g/mol. The van der Waals surface area contributed by atoms with E-state index in [0.29, 0.717) is 11.2 Å². The summed E-state index contributed by atoms with van der Waals surface area (Å²) in [6, 6.07) is 6.98. The van der Waals surface area contributed by atoms with Crippen molar-refractivity contribution < 1.29 is 18.0 Å². The predicted molar refractivity (Wildman–Crippen MR) is 114 cm³/mol. The summed E-state index contributed by atoms with van der Waals surface area (Å²) in [5.41, 5.74) is 7.34. The second-order valence-electron chi connectivity index (χ2n) is 6.99. The number of benzene rings is 1. The third kappa shape index (κ3) is 3.76. The van der Waals surface area contributed by atoms with E-state index in [9.17, 15) is 13.6 Å². The number of anilines is 1. The molecule has 4 heterocycles. The normalized spacial score (nSPS) is 11.1. The number of hydrogen-bond acceptors (Lipinski definition) is 7. The van der Waals surface area contributed by atoms with Crippen LogP contribution in [0.4, 0.5) is 14.6 Å². The first-order valence-electron chi connectivity index (χ1n) is 9.73. The van der Waals surface area contributed by atoms with Gasteiger partial charge in [0.2, 0.25) is 5.89 Å². The van der Waals surface area contributed by atoms with Gasteiger partial charge in [-0.2, -0.15) is 0 Å². The number of nitrogens with one attached hydrogen (secondary N) is 1. The molecule has 0 saturated heterocycles. The number of rotatable bonds is 5. The van der Waals surface area contributed by atoms with Gasteiger partial charge in [-0.3, -0.25) is 4.79 Å². The fourth-order valence-corrected chi connectivity index (χ4v) is 3.32. The molecule has 164 valence electrons. The van der Waals surface area contributed by atoms with Crippen molar-refractivity contribution >= 4 is 17.4 Å². The number of hydrogen-bond donors (Lipinski definition) is 2. The Hall–Kier alpha value is -4.67. The number of carbonyl (C=O) groups excluding carboxylic acids is 1. The van der Waals surface area contributed by atoms with Gasteiger partial charge in [0, 0.05) is 36.3 Å². The maximum atomic E-state index is 13.9. The van der Waals surface area contributed by atoms with Crippen LogP contribution in [0.5, 0.6) is 0 Å². The third-order valence-electron chi connectivity index (χ3n) is 4.92. The highest BCUT2D eigenvalue weighted by Crippen LogP contribution is 2.30. The first-order valence-corrected chi connectivity index (χ1v) is 9.73. The van der Waals surface area contributed by atoms with Crippen molar-refractivity contribution in [2.75, 3.05) is 5.73 Å². The minimum absolute atomic E-state index is 0.162. The number of nitrogens with zero attached hydrogens (tertiary/aromatic N) is 5. The van der Waals surface area contributed by atoms with E-state index >= 15 is 0 Å². The van der Waals surface area contributed by atoms with E-state index in [1.54, 1.807) is 35.1 Å². The van der Waals surface area contributed by atoms with E-state index in [0.717, 1.165) is 12.1 Å². The number of aromatic nitrogens is 5. The molecule has 33 heavy (non-hydrogen) atoms. The van der Waals surface area contributed by atoms with Crippen molar-refractivity contribution in [3.63, 3.8) is 0 Å². The minimum Gasteiger partial charge on any atom is -0.443 e. The van der Waals surface area contributed by atoms with Gasteiger partial charge in [0.15, 0.2) is 17.2 Å². The number of halogens is 2. The smallest absolute Gasteiger partial charge is 0.274 e. The second-order valence-corrected chi connectivity index (χ2v) is 6.99. The predicted octanol–water partition coefficient (Wildman–Crippen LogP) is 3.24. The standard InChI is InChI=1S/C22H15F2N7O2/c23-14-2-1-3-15(24)13(14)10-28-21(32)19-20(25)30-18(22-27-7-9-33-22)17(29-19)12-4-5-16-26-6-8-31(16)11-12/h1-9,11H,10H2,(H2,25,30)(H,28,32). The number of pyridine rings is 1. The van der Waals surface area contributed by atoms with Crippen LogP contribution >= 0.6 is 0 Å². The molecule has 4 aromatic heterocycles. The van der Waals surface area contributed by atoms with Gasteiger partial charge >= 0.3 is 0 Å². The molecule has 0 atom stereocenters. The van der Waals surface area contributed by atoms with Gasteiger partial charge in [-0.15, -0.1) is 0 Å². The lowest BCUT2D eigenvalue weighted by Crippen LogP contribution is -2.26. The molecule has 5 aromatic rings. The van der Waals surface area contributed by atoms with Crippen LogP contribution in [0.3, 0.4) is 0 Å². The van der Waals surface area contributed by atoms with E-state index < -0.39 is 24.1 Å². The summed E-state index contributed by atoms with van der Waals surface area (Å²) in [7, 11) is 0. The first-order chi connectivity index (χ1) is 16.0. The Kier molecular flexibility index (Phi) is 4.98. The van der Waals surface area contributed by atoms with Crippen LogP contribution < -0.4 is 11.1 Å². The average molecular weight is 447 g/mol. The Morgan fingerprint density at radius 1 is 1.06 bits per heavy atom. The zero-order valence-corrected chi connectivity index (χ0v) is 16.9. The van der Waals surface area contributed by atoms with Gasteiger partial charge in [-0.05, 0) is 24.3 Å². The Labute approximate surface area is 185 Å². The number of fused-ring (bicyclic) bond motifs is 1. The van der Waals surface area contributed by atoms with E-state index in [-0.39, 0.29) is 34.4 Å². The zero-order chi connectivity index (χ0) is 22.9. The highest BCUT2D eigenvalue weighted by molar-refractivity contribution is 5.97. The van der Waals surface area contributed by atoms with Crippen LogP contribution in [0.2, 0.25) is 0 Å². The molecule has 3 N–H and O–H groups in total. The lowest BCUT2D eigenvalue weighted by atomic mass is 10.1. The maximum Gasteiger partial charge on any atom is 0.274 e. The summed E-state index contributed by atoms with van der Waals surface area (Å²) in [6.45, 7) is -0.393. The van der Waals surface area contributed by atoms with Crippen LogP contribution in [0.15, 0.2) is 65.8 Å². The lowest BCUT2D eigenvalue weighted by Gasteiger charge is -2.12. The Morgan fingerprint density at radius 3 is 2.64 bits per heavy atom. The van der Waals surface area contributed by atoms with Crippen LogP contribution in [-0.4, -0.2) is 30.2 Å². The van der Waals surface area contributed by atoms with Crippen LogP contribution in [0.1, 0.15) is 16.1 Å². The van der Waals surface area contributed by atoms with Crippen molar-refractivity contribution in [3.8, 4) is 22.8 Å². The van der Waals surface area contributed by atoms with Crippen LogP contribution in [-0.2, 0) is 6.54 Å². The molecule has 5 rings (SSSR count). The van der Waals surface area contributed by atoms with E-state index in [1.807, 2.05) is 0 Å². The Morgan fingerprint density at radius 2 is 1.88 bits per heavy atom. The zero-order valence-electron chi connectivity index (χ0n) is 16.9. The molecule has 0 saturated carbocycles. The lowest BCUT2D eigenvalue weighted by molar-refractivity contribution is 0.0946. The molecule has 11 heteroatoms. The summed E-state index contributed by atoms with van der Waals surface area (Å²) < 4.78 is 35.0. The number of nitrogen functional groups attached to an aromatic ring is 1. The molecule has 0 aliphatic heterocycles. The summed E-state index contributed by atoms with van der Waals surface area (Å²) >= 11 is 0. The molecule has 0 aliphatic rings. The van der Waals surface area contributed by atoms with E-state index in [1.165, 1.54) is 18.5 Å². The quantitative estimate of drug-likeness (QED) is 0.424. The maximum absolute atomic E-state index is 13.9. The Balaban J connectivity index is 1.55. The Bertz CT molecular complexity index is 1460. The summed E-state index contributed by atoms with van der Waals surface area (Å²) in [4.78, 5) is 29.9. The number of carbonyl (C=O) groups is 1. The highest BCUT2D eigenvalue weighted by atomic mass is 19.1. The SMILES string of the molecule is Nc1nc(-c2ncco2)c(-c2ccc3nccn3c2)nc1C(=O)NCc1c(F)cccc1F. The fraction of sp³-hybridized carbons (Fsp3) is 0.0455. The summed E-state index contributed by atoms with van der Waals surface area (Å²) in [5.74, 6) is -2.32. The molecule has 0 spiro atoms. The number of oxazole rings is 1. The van der Waals surface area contributed by atoms with Crippen LogP contribution in [0, 0.1) is 11.6 Å². The fourth-order valence-electron chi connectivity index (χ4n) is 3.32. The van der Waals surface area contributed by atoms with Gasteiger partial charge in [0.25, 0.3) is 5.91 Å². The molecule has 0 bridgehead atoms. The minimum atomic E-state index is -0.775. The molecule has 0 radical (unpaired) electrons.